The second-order valence-corrected chi connectivity index (χ2v) is 6.31. The zero-order valence-electron chi connectivity index (χ0n) is 11.8. The van der Waals surface area contributed by atoms with Crippen LogP contribution in [-0.2, 0) is 6.54 Å². The molecule has 4 nitrogen and oxygen atoms in total. The fourth-order valence-electron chi connectivity index (χ4n) is 2.59. The minimum Gasteiger partial charge on any atom is -0.493 e. The van der Waals surface area contributed by atoms with E-state index in [9.17, 15) is 0 Å². The van der Waals surface area contributed by atoms with Gasteiger partial charge in [0.05, 0.1) is 7.11 Å². The van der Waals surface area contributed by atoms with E-state index in [1.54, 1.807) is 7.11 Å². The quantitative estimate of drug-likeness (QED) is 0.924. The topological polar surface area (TPSA) is 39.7 Å². The van der Waals surface area contributed by atoms with E-state index in [2.05, 4.69) is 11.4 Å². The molecule has 20 heavy (non-hydrogen) atoms. The molecule has 1 fully saturated rings. The Morgan fingerprint density at radius 2 is 2.05 bits per heavy atom. The van der Waals surface area contributed by atoms with Crippen molar-refractivity contribution in [1.29, 1.82) is 0 Å². The number of hydrogen-bond donors (Lipinski definition) is 1. The Morgan fingerprint density at radius 1 is 1.25 bits per heavy atom. The number of methoxy groups -OCH3 is 1. The lowest BCUT2D eigenvalue weighted by atomic mass is 10.1. The smallest absolute Gasteiger partial charge is 0.203 e. The Morgan fingerprint density at radius 3 is 2.85 bits per heavy atom. The normalized spacial score (nSPS) is 18.9. The molecule has 0 amide bonds. The monoisotopic (exact) mass is 295 g/mol. The lowest BCUT2D eigenvalue weighted by Crippen LogP contribution is -2.32. The average molecular weight is 295 g/mol. The maximum Gasteiger partial charge on any atom is 0.203 e. The molecule has 1 aromatic carbocycles. The van der Waals surface area contributed by atoms with Gasteiger partial charge < -0.3 is 19.5 Å². The first kappa shape index (κ1) is 13.9. The Bertz CT molecular complexity index is 443. The van der Waals surface area contributed by atoms with E-state index in [0.29, 0.717) is 19.3 Å². The molecule has 0 bridgehead atoms. The highest BCUT2D eigenvalue weighted by Crippen LogP contribution is 2.40. The molecule has 2 aliphatic rings. The van der Waals surface area contributed by atoms with E-state index >= 15 is 0 Å². The van der Waals surface area contributed by atoms with Crippen molar-refractivity contribution in [1.82, 2.24) is 5.32 Å². The maximum absolute atomic E-state index is 5.66. The molecule has 0 radical (unpaired) electrons. The van der Waals surface area contributed by atoms with E-state index in [0.717, 1.165) is 23.8 Å². The van der Waals surface area contributed by atoms with Crippen molar-refractivity contribution >= 4 is 11.8 Å². The van der Waals surface area contributed by atoms with Crippen molar-refractivity contribution in [3.8, 4) is 17.2 Å². The van der Waals surface area contributed by atoms with Crippen LogP contribution in [-0.4, -0.2) is 37.9 Å². The van der Waals surface area contributed by atoms with Crippen LogP contribution in [0.25, 0.3) is 0 Å². The molecule has 0 aliphatic carbocycles. The minimum absolute atomic E-state index is 0.584. The van der Waals surface area contributed by atoms with Crippen LogP contribution < -0.4 is 19.5 Å². The van der Waals surface area contributed by atoms with Gasteiger partial charge in [-0.1, -0.05) is 0 Å². The van der Waals surface area contributed by atoms with Gasteiger partial charge in [-0.2, -0.15) is 11.8 Å². The predicted molar refractivity (Wildman–Crippen MR) is 81.2 cm³/mol. The van der Waals surface area contributed by atoms with Gasteiger partial charge in [-0.05, 0) is 42.0 Å². The van der Waals surface area contributed by atoms with Crippen molar-refractivity contribution in [2.45, 2.75) is 25.4 Å². The van der Waals surface area contributed by atoms with Crippen molar-refractivity contribution in [3.05, 3.63) is 17.7 Å². The molecule has 1 saturated heterocycles. The predicted octanol–water partition coefficient (Wildman–Crippen LogP) is 2.45. The molecular formula is C15H21NO3S. The highest BCUT2D eigenvalue weighted by atomic mass is 32.2. The zero-order valence-corrected chi connectivity index (χ0v) is 12.6. The van der Waals surface area contributed by atoms with E-state index in [1.165, 1.54) is 29.9 Å². The number of fused-ring (bicyclic) bond motifs is 1. The summed E-state index contributed by atoms with van der Waals surface area (Å²) in [7, 11) is 1.67. The number of thioether (sulfide) groups is 1. The summed E-state index contributed by atoms with van der Waals surface area (Å²) in [6.45, 7) is 2.04. The highest BCUT2D eigenvalue weighted by molar-refractivity contribution is 7.99. The maximum atomic E-state index is 5.66. The number of rotatable bonds is 4. The van der Waals surface area contributed by atoms with Crippen molar-refractivity contribution in [2.75, 3.05) is 31.8 Å². The summed E-state index contributed by atoms with van der Waals surface area (Å²) < 4.78 is 16.7. The molecule has 3 rings (SSSR count). The SMILES string of the molecule is COc1cc(CNC2CCSCC2)cc2c1OCCO2. The van der Waals surface area contributed by atoms with Gasteiger partial charge in [-0.15, -0.1) is 0 Å². The van der Waals surface area contributed by atoms with Gasteiger partial charge in [0, 0.05) is 12.6 Å². The van der Waals surface area contributed by atoms with Crippen LogP contribution in [0.3, 0.4) is 0 Å². The van der Waals surface area contributed by atoms with E-state index in [-0.39, 0.29) is 0 Å². The molecule has 0 aromatic heterocycles. The third-order valence-corrected chi connectivity index (χ3v) is 4.75. The zero-order chi connectivity index (χ0) is 13.8. The second kappa shape index (κ2) is 6.59. The molecule has 0 spiro atoms. The Kier molecular flexibility index (Phi) is 4.58. The molecule has 5 heteroatoms. The van der Waals surface area contributed by atoms with E-state index in [4.69, 9.17) is 14.2 Å². The molecule has 0 atom stereocenters. The highest BCUT2D eigenvalue weighted by Gasteiger charge is 2.19. The third-order valence-electron chi connectivity index (χ3n) is 3.70. The summed E-state index contributed by atoms with van der Waals surface area (Å²) >= 11 is 2.05. The number of ether oxygens (including phenoxy) is 3. The van der Waals surface area contributed by atoms with Crippen LogP contribution in [0.5, 0.6) is 17.2 Å². The minimum atomic E-state index is 0.584. The lowest BCUT2D eigenvalue weighted by Gasteiger charge is -2.24. The summed E-state index contributed by atoms with van der Waals surface area (Å²) in [4.78, 5) is 0. The van der Waals surface area contributed by atoms with Gasteiger partial charge in [-0.3, -0.25) is 0 Å². The second-order valence-electron chi connectivity index (χ2n) is 5.09. The van der Waals surface area contributed by atoms with Crippen LogP contribution in [0.15, 0.2) is 12.1 Å². The van der Waals surface area contributed by atoms with E-state index < -0.39 is 0 Å². The van der Waals surface area contributed by atoms with Gasteiger partial charge in [0.25, 0.3) is 0 Å². The molecule has 1 aromatic rings. The standard InChI is InChI=1S/C15H21NO3S/c1-17-13-8-11(9-14-15(13)19-5-4-18-14)10-16-12-2-6-20-7-3-12/h8-9,12,16H,2-7,10H2,1H3. The van der Waals surface area contributed by atoms with Crippen LogP contribution >= 0.6 is 11.8 Å². The fraction of sp³-hybridized carbons (Fsp3) is 0.600. The first-order valence-corrected chi connectivity index (χ1v) is 8.30. The van der Waals surface area contributed by atoms with Gasteiger partial charge in [0.2, 0.25) is 5.75 Å². The molecule has 2 aliphatic heterocycles. The molecule has 2 heterocycles. The molecular weight excluding hydrogens is 274 g/mol. The van der Waals surface area contributed by atoms with Crippen LogP contribution in [0.1, 0.15) is 18.4 Å². The van der Waals surface area contributed by atoms with Gasteiger partial charge in [0.1, 0.15) is 13.2 Å². The average Bonchev–Trinajstić information content (AvgIpc) is 2.53. The summed E-state index contributed by atoms with van der Waals surface area (Å²) in [5.74, 6) is 4.82. The van der Waals surface area contributed by atoms with Crippen molar-refractivity contribution in [2.24, 2.45) is 0 Å². The van der Waals surface area contributed by atoms with Gasteiger partial charge in [-0.25, -0.2) is 0 Å². The Hall–Kier alpha value is -1.07. The summed E-state index contributed by atoms with van der Waals surface area (Å²) in [6.07, 6.45) is 2.51. The first-order valence-electron chi connectivity index (χ1n) is 7.14. The van der Waals surface area contributed by atoms with Crippen molar-refractivity contribution in [3.63, 3.8) is 0 Å². The number of nitrogens with one attached hydrogen (secondary N) is 1. The summed E-state index contributed by atoms with van der Waals surface area (Å²) in [5, 5.41) is 3.63. The Balaban J connectivity index is 1.69. The first-order chi connectivity index (χ1) is 9.86. The number of benzene rings is 1. The van der Waals surface area contributed by atoms with E-state index in [1.807, 2.05) is 17.8 Å². The van der Waals surface area contributed by atoms with Crippen LogP contribution in [0, 0.1) is 0 Å². The molecule has 0 unspecified atom stereocenters. The third kappa shape index (κ3) is 3.15. The molecule has 110 valence electrons. The van der Waals surface area contributed by atoms with Gasteiger partial charge in [0.15, 0.2) is 11.5 Å². The molecule has 0 saturated carbocycles. The summed E-state index contributed by atoms with van der Waals surface area (Å²) in [5.41, 5.74) is 1.18. The lowest BCUT2D eigenvalue weighted by molar-refractivity contribution is 0.165. The van der Waals surface area contributed by atoms with Crippen molar-refractivity contribution < 1.29 is 14.2 Å². The molecule has 1 N–H and O–H groups in total. The number of hydrogen-bond acceptors (Lipinski definition) is 5. The van der Waals surface area contributed by atoms with Gasteiger partial charge >= 0.3 is 0 Å². The van der Waals surface area contributed by atoms with Crippen LogP contribution in [0.4, 0.5) is 0 Å². The fourth-order valence-corrected chi connectivity index (χ4v) is 3.70. The summed E-state index contributed by atoms with van der Waals surface area (Å²) in [6, 6.07) is 4.73. The largest absolute Gasteiger partial charge is 0.493 e. The Labute approximate surface area is 124 Å². The van der Waals surface area contributed by atoms with Crippen LogP contribution in [0.2, 0.25) is 0 Å².